The first kappa shape index (κ1) is 13.4. The van der Waals surface area contributed by atoms with Crippen LogP contribution in [0.15, 0.2) is 12.1 Å². The molecular formula is C12H17ClFNO. The Labute approximate surface area is 101 Å². The first-order chi connectivity index (χ1) is 7.69. The van der Waals surface area contributed by atoms with Gasteiger partial charge < -0.3 is 10.5 Å². The second kappa shape index (κ2) is 6.84. The van der Waals surface area contributed by atoms with Gasteiger partial charge in [0.25, 0.3) is 0 Å². The highest BCUT2D eigenvalue weighted by Crippen LogP contribution is 2.22. The van der Waals surface area contributed by atoms with E-state index < -0.39 is 0 Å². The number of aryl methyl sites for hydroxylation is 1. The number of nitrogens with two attached hydrogens (primary N) is 1. The van der Waals surface area contributed by atoms with Gasteiger partial charge in [0.2, 0.25) is 0 Å². The summed E-state index contributed by atoms with van der Waals surface area (Å²) >= 11 is 5.92. The van der Waals surface area contributed by atoms with E-state index in [9.17, 15) is 4.39 Å². The van der Waals surface area contributed by atoms with E-state index in [0.29, 0.717) is 29.1 Å². The highest BCUT2D eigenvalue weighted by molar-refractivity contribution is 6.30. The first-order valence-corrected chi connectivity index (χ1v) is 5.72. The van der Waals surface area contributed by atoms with Crippen molar-refractivity contribution in [3.63, 3.8) is 0 Å². The van der Waals surface area contributed by atoms with Crippen molar-refractivity contribution >= 4 is 11.6 Å². The Hall–Kier alpha value is -0.640. The molecular weight excluding hydrogens is 229 g/mol. The number of halogens is 2. The molecule has 0 radical (unpaired) electrons. The molecule has 1 aromatic rings. The molecule has 1 aromatic carbocycles. The van der Waals surface area contributed by atoms with Crippen LogP contribution in [-0.4, -0.2) is 13.7 Å². The molecule has 2 nitrogen and oxygen atoms in total. The molecule has 0 aliphatic carbocycles. The lowest BCUT2D eigenvalue weighted by molar-refractivity contribution is 0.181. The van der Waals surface area contributed by atoms with Crippen LogP contribution < -0.4 is 5.73 Å². The summed E-state index contributed by atoms with van der Waals surface area (Å²) in [5.41, 5.74) is 6.56. The molecule has 0 atom stereocenters. The van der Waals surface area contributed by atoms with Gasteiger partial charge in [0.05, 0.1) is 6.61 Å². The molecule has 0 aromatic heterocycles. The van der Waals surface area contributed by atoms with E-state index in [1.807, 2.05) is 0 Å². The average molecular weight is 246 g/mol. The smallest absolute Gasteiger partial charge is 0.132 e. The van der Waals surface area contributed by atoms with Crippen LogP contribution in [0.3, 0.4) is 0 Å². The molecule has 0 unspecified atom stereocenters. The number of rotatable bonds is 6. The Morgan fingerprint density at radius 3 is 2.62 bits per heavy atom. The fraction of sp³-hybridized carbons (Fsp3) is 0.500. The van der Waals surface area contributed by atoms with Crippen molar-refractivity contribution in [3.05, 3.63) is 34.1 Å². The number of methoxy groups -OCH3 is 1. The molecule has 0 aliphatic rings. The fourth-order valence-electron chi connectivity index (χ4n) is 1.61. The van der Waals surface area contributed by atoms with Crippen LogP contribution in [-0.2, 0) is 17.8 Å². The number of hydrogen-bond acceptors (Lipinski definition) is 2. The molecule has 1 rings (SSSR count). The summed E-state index contributed by atoms with van der Waals surface area (Å²) in [6, 6.07) is 3.28. The Morgan fingerprint density at radius 2 is 2.00 bits per heavy atom. The third kappa shape index (κ3) is 3.74. The second-order valence-corrected chi connectivity index (χ2v) is 4.15. The maximum atomic E-state index is 13.9. The fourth-order valence-corrected chi connectivity index (χ4v) is 1.87. The zero-order valence-corrected chi connectivity index (χ0v) is 10.2. The van der Waals surface area contributed by atoms with Gasteiger partial charge in [0.1, 0.15) is 5.82 Å². The van der Waals surface area contributed by atoms with Crippen LogP contribution in [0.4, 0.5) is 4.39 Å². The van der Waals surface area contributed by atoms with Crippen molar-refractivity contribution in [2.45, 2.75) is 25.9 Å². The quantitative estimate of drug-likeness (QED) is 0.783. The summed E-state index contributed by atoms with van der Waals surface area (Å²) in [4.78, 5) is 0. The summed E-state index contributed by atoms with van der Waals surface area (Å²) in [6.07, 6.45) is 2.44. The largest absolute Gasteiger partial charge is 0.380 e. The van der Waals surface area contributed by atoms with E-state index in [1.165, 1.54) is 7.11 Å². The van der Waals surface area contributed by atoms with Crippen LogP contribution in [0.2, 0.25) is 5.02 Å². The zero-order chi connectivity index (χ0) is 12.0. The number of benzene rings is 1. The maximum absolute atomic E-state index is 13.9. The van der Waals surface area contributed by atoms with Gasteiger partial charge in [-0.25, -0.2) is 4.39 Å². The molecule has 2 N–H and O–H groups in total. The van der Waals surface area contributed by atoms with Gasteiger partial charge in [-0.15, -0.1) is 0 Å². The predicted octanol–water partition coefficient (Wildman–Crippen LogP) is 2.91. The lowest BCUT2D eigenvalue weighted by Crippen LogP contribution is -2.02. The molecule has 0 amide bonds. The second-order valence-electron chi connectivity index (χ2n) is 3.72. The number of ether oxygens (including phenoxy) is 1. The molecule has 90 valence electrons. The number of hydrogen-bond donors (Lipinski definition) is 1. The molecule has 0 spiro atoms. The minimum atomic E-state index is -0.205. The SMILES string of the molecule is COCc1cc(Cl)cc(CCCCN)c1F. The van der Waals surface area contributed by atoms with Gasteiger partial charge in [0.15, 0.2) is 0 Å². The molecule has 16 heavy (non-hydrogen) atoms. The van der Waals surface area contributed by atoms with Gasteiger partial charge in [-0.2, -0.15) is 0 Å². The Morgan fingerprint density at radius 1 is 1.31 bits per heavy atom. The highest BCUT2D eigenvalue weighted by Gasteiger charge is 2.09. The van der Waals surface area contributed by atoms with Gasteiger partial charge in [-0.1, -0.05) is 11.6 Å². The molecule has 4 heteroatoms. The van der Waals surface area contributed by atoms with Gasteiger partial charge in [-0.05, 0) is 43.5 Å². The summed E-state index contributed by atoms with van der Waals surface area (Å²) < 4.78 is 18.8. The molecule has 0 fully saturated rings. The lowest BCUT2D eigenvalue weighted by Gasteiger charge is -2.08. The third-order valence-corrected chi connectivity index (χ3v) is 2.61. The summed E-state index contributed by atoms with van der Waals surface area (Å²) in [5, 5.41) is 0.552. The van der Waals surface area contributed by atoms with E-state index in [1.54, 1.807) is 12.1 Å². The highest BCUT2D eigenvalue weighted by atomic mass is 35.5. The first-order valence-electron chi connectivity index (χ1n) is 5.34. The van der Waals surface area contributed by atoms with Crippen LogP contribution in [0.1, 0.15) is 24.0 Å². The summed E-state index contributed by atoms with van der Waals surface area (Å²) in [6.45, 7) is 0.878. The molecule has 0 saturated carbocycles. The minimum absolute atomic E-state index is 0.205. The van der Waals surface area contributed by atoms with Crippen LogP contribution in [0.5, 0.6) is 0 Å². The third-order valence-electron chi connectivity index (χ3n) is 2.39. The Kier molecular flexibility index (Phi) is 5.74. The molecule has 0 bridgehead atoms. The summed E-state index contributed by atoms with van der Waals surface area (Å²) in [5.74, 6) is -0.205. The Balaban J connectivity index is 2.81. The minimum Gasteiger partial charge on any atom is -0.380 e. The van der Waals surface area contributed by atoms with Crippen LogP contribution in [0.25, 0.3) is 0 Å². The van der Waals surface area contributed by atoms with E-state index in [2.05, 4.69) is 0 Å². The topological polar surface area (TPSA) is 35.2 Å². The standard InChI is InChI=1S/C12H17ClFNO/c1-16-8-10-7-11(13)6-9(12(10)14)4-2-3-5-15/h6-7H,2-5,8,15H2,1H3. The molecule has 0 heterocycles. The van der Waals surface area contributed by atoms with Gasteiger partial charge >= 0.3 is 0 Å². The van der Waals surface area contributed by atoms with Crippen molar-refractivity contribution in [3.8, 4) is 0 Å². The Bertz CT molecular complexity index is 344. The monoisotopic (exact) mass is 245 g/mol. The average Bonchev–Trinajstić information content (AvgIpc) is 2.25. The van der Waals surface area contributed by atoms with E-state index in [0.717, 1.165) is 12.8 Å². The van der Waals surface area contributed by atoms with Crippen LogP contribution in [0, 0.1) is 5.82 Å². The summed E-state index contributed by atoms with van der Waals surface area (Å²) in [7, 11) is 1.54. The lowest BCUT2D eigenvalue weighted by atomic mass is 10.0. The van der Waals surface area contributed by atoms with Gasteiger partial charge in [-0.3, -0.25) is 0 Å². The zero-order valence-electron chi connectivity index (χ0n) is 9.43. The number of unbranched alkanes of at least 4 members (excludes halogenated alkanes) is 1. The van der Waals surface area contributed by atoms with E-state index in [-0.39, 0.29) is 12.4 Å². The molecule has 0 aliphatic heterocycles. The normalized spacial score (nSPS) is 10.8. The van der Waals surface area contributed by atoms with Gasteiger partial charge in [0, 0.05) is 17.7 Å². The maximum Gasteiger partial charge on any atom is 0.132 e. The van der Waals surface area contributed by atoms with Crippen molar-refractivity contribution in [2.75, 3.05) is 13.7 Å². The van der Waals surface area contributed by atoms with Crippen molar-refractivity contribution in [2.24, 2.45) is 5.73 Å². The van der Waals surface area contributed by atoms with Crippen molar-refractivity contribution in [1.29, 1.82) is 0 Å². The van der Waals surface area contributed by atoms with E-state index >= 15 is 0 Å². The van der Waals surface area contributed by atoms with Crippen molar-refractivity contribution in [1.82, 2.24) is 0 Å². The van der Waals surface area contributed by atoms with Crippen molar-refractivity contribution < 1.29 is 9.13 Å². The predicted molar refractivity (Wildman–Crippen MR) is 64.1 cm³/mol. The van der Waals surface area contributed by atoms with Crippen LogP contribution >= 0.6 is 11.6 Å². The molecule has 0 saturated heterocycles. The van der Waals surface area contributed by atoms with E-state index in [4.69, 9.17) is 22.1 Å².